The van der Waals surface area contributed by atoms with Crippen LogP contribution in [0.15, 0.2) is 12.2 Å². The van der Waals surface area contributed by atoms with Gasteiger partial charge in [-0.05, 0) is 14.4 Å². The molecule has 2 nitrogen and oxygen atoms in total. The Morgan fingerprint density at radius 1 is 1.71 bits per heavy atom. The highest BCUT2D eigenvalue weighted by molar-refractivity contribution is 5.84. The van der Waals surface area contributed by atoms with Gasteiger partial charge >= 0.3 is 5.97 Å². The second kappa shape index (κ2) is 3.40. The molecule has 0 saturated carbocycles. The highest BCUT2D eigenvalue weighted by atomic mass is 16.4. The first-order valence-corrected chi connectivity index (χ1v) is 1.53. The second-order valence-electron chi connectivity index (χ2n) is 1.09. The summed E-state index contributed by atoms with van der Waals surface area (Å²) < 4.78 is 0. The molecule has 0 aliphatic rings. The molecular formula is C5H7O2. The Kier molecular flexibility index (Phi) is 4.62. The number of aliphatic carboxylic acids is 1. The van der Waals surface area contributed by atoms with Crippen molar-refractivity contribution in [3.63, 3.8) is 0 Å². The van der Waals surface area contributed by atoms with Crippen LogP contribution in [0.25, 0.3) is 0 Å². The van der Waals surface area contributed by atoms with Crippen molar-refractivity contribution < 1.29 is 9.90 Å². The smallest absolute Gasteiger partial charge is 0.330 e. The summed E-state index contributed by atoms with van der Waals surface area (Å²) >= 11 is 0. The molecule has 0 heterocycles. The molecular weight excluding hydrogens is 92.1 g/mol. The van der Waals surface area contributed by atoms with Crippen LogP contribution in [0.4, 0.5) is 0 Å². The zero-order valence-corrected chi connectivity index (χ0v) is 4.14. The van der Waals surface area contributed by atoms with Crippen LogP contribution in [0.5, 0.6) is 0 Å². The molecule has 1 N–H and O–H groups in total. The number of hydrogen-bond donors (Lipinski definition) is 1. The van der Waals surface area contributed by atoms with Gasteiger partial charge in [0.05, 0.1) is 0 Å². The minimum absolute atomic E-state index is 0. The van der Waals surface area contributed by atoms with Crippen LogP contribution < -0.4 is 0 Å². The Balaban J connectivity index is 0. The van der Waals surface area contributed by atoms with Gasteiger partial charge in [-0.15, -0.1) is 0 Å². The van der Waals surface area contributed by atoms with Crippen molar-refractivity contribution in [1.82, 2.24) is 0 Å². The Hall–Kier alpha value is -0.790. The average Bonchev–Trinajstić information content (AvgIpc) is 1.36. The van der Waals surface area contributed by atoms with E-state index in [4.69, 9.17) is 5.11 Å². The van der Waals surface area contributed by atoms with Gasteiger partial charge in [0.2, 0.25) is 0 Å². The van der Waals surface area contributed by atoms with Crippen LogP contribution in [-0.2, 0) is 4.79 Å². The molecule has 39 valence electrons. The van der Waals surface area contributed by atoms with Gasteiger partial charge in [-0.3, -0.25) is 0 Å². The summed E-state index contributed by atoms with van der Waals surface area (Å²) in [6.07, 6.45) is 0. The molecule has 0 unspecified atom stereocenters. The van der Waals surface area contributed by atoms with Crippen LogP contribution >= 0.6 is 0 Å². The van der Waals surface area contributed by atoms with Gasteiger partial charge in [-0.25, -0.2) is 4.79 Å². The summed E-state index contributed by atoms with van der Waals surface area (Å²) in [5.41, 5.74) is 0.176. The highest BCUT2D eigenvalue weighted by Crippen LogP contribution is 1.81. The zero-order chi connectivity index (χ0) is 5.15. The number of carboxylic acids is 1. The van der Waals surface area contributed by atoms with Crippen LogP contribution in [-0.4, -0.2) is 11.1 Å². The van der Waals surface area contributed by atoms with Crippen molar-refractivity contribution in [3.05, 3.63) is 19.6 Å². The number of carboxylic acid groups (broad SMARTS) is 1. The lowest BCUT2D eigenvalue weighted by molar-refractivity contribution is -0.132. The molecule has 0 spiro atoms. The number of rotatable bonds is 1. The van der Waals surface area contributed by atoms with Gasteiger partial charge in [0.25, 0.3) is 0 Å². The van der Waals surface area contributed by atoms with E-state index >= 15 is 0 Å². The Morgan fingerprint density at radius 3 is 1.86 bits per heavy atom. The van der Waals surface area contributed by atoms with Gasteiger partial charge in [-0.2, -0.15) is 0 Å². The molecule has 0 rings (SSSR count). The lowest BCUT2D eigenvalue weighted by Crippen LogP contribution is -1.92. The standard InChI is InChI=1S/C4H6O2.CH/c1-3(2)4(5)6;/h1H2,2H3,(H,5,6);1H. The van der Waals surface area contributed by atoms with Crippen LogP contribution in [0.3, 0.4) is 0 Å². The normalized spacial score (nSPS) is 6.43. The fraction of sp³-hybridized carbons (Fsp3) is 0.200. The molecule has 0 aromatic heterocycles. The lowest BCUT2D eigenvalue weighted by Gasteiger charge is -1.79. The molecule has 0 bridgehead atoms. The van der Waals surface area contributed by atoms with E-state index in [1.807, 2.05) is 0 Å². The van der Waals surface area contributed by atoms with Crippen molar-refractivity contribution in [2.75, 3.05) is 0 Å². The summed E-state index contributed by atoms with van der Waals surface area (Å²) in [7, 11) is 0. The average molecular weight is 99.1 g/mol. The van der Waals surface area contributed by atoms with Gasteiger partial charge in [0.1, 0.15) is 0 Å². The SMILES string of the molecule is C=C(C)C(=O)O.[CH]. The topological polar surface area (TPSA) is 37.3 Å². The maximum Gasteiger partial charge on any atom is 0.330 e. The Bertz CT molecular complexity index is 72.1. The predicted octanol–water partition coefficient (Wildman–Crippen LogP) is 0.851. The molecule has 0 atom stereocenters. The van der Waals surface area contributed by atoms with Crippen LogP contribution in [0.1, 0.15) is 6.92 Å². The van der Waals surface area contributed by atoms with E-state index in [0.29, 0.717) is 0 Å². The van der Waals surface area contributed by atoms with Crippen molar-refractivity contribution in [2.24, 2.45) is 0 Å². The van der Waals surface area contributed by atoms with E-state index in [9.17, 15) is 4.79 Å². The molecule has 0 amide bonds. The largest absolute Gasteiger partial charge is 0.478 e. The van der Waals surface area contributed by atoms with E-state index < -0.39 is 5.97 Å². The summed E-state index contributed by atoms with van der Waals surface area (Å²) in [4.78, 5) is 9.60. The number of carbonyl (C=O) groups is 1. The molecule has 3 radical (unpaired) electrons. The minimum atomic E-state index is -0.935. The van der Waals surface area contributed by atoms with Crippen molar-refractivity contribution >= 4 is 5.97 Å². The fourth-order valence-corrected chi connectivity index (χ4v) is 0. The number of hydrogen-bond acceptors (Lipinski definition) is 1. The third-order valence-electron chi connectivity index (χ3n) is 0.365. The summed E-state index contributed by atoms with van der Waals surface area (Å²) in [6, 6.07) is 0. The third kappa shape index (κ3) is 5.21. The maximum absolute atomic E-state index is 9.60. The van der Waals surface area contributed by atoms with E-state index in [2.05, 4.69) is 6.58 Å². The summed E-state index contributed by atoms with van der Waals surface area (Å²) in [5.74, 6) is -0.935. The molecule has 0 fully saturated rings. The maximum atomic E-state index is 9.60. The Morgan fingerprint density at radius 2 is 1.86 bits per heavy atom. The quantitative estimate of drug-likeness (QED) is 0.495. The molecule has 2 heteroatoms. The third-order valence-corrected chi connectivity index (χ3v) is 0.365. The van der Waals surface area contributed by atoms with Crippen molar-refractivity contribution in [1.29, 1.82) is 0 Å². The minimum Gasteiger partial charge on any atom is -0.478 e. The van der Waals surface area contributed by atoms with E-state index in [1.165, 1.54) is 6.92 Å². The molecule has 0 aliphatic carbocycles. The van der Waals surface area contributed by atoms with E-state index in [0.717, 1.165) is 0 Å². The first-order chi connectivity index (χ1) is 2.64. The van der Waals surface area contributed by atoms with Crippen molar-refractivity contribution in [3.8, 4) is 0 Å². The van der Waals surface area contributed by atoms with Crippen LogP contribution in [0.2, 0.25) is 0 Å². The summed E-state index contributed by atoms with van der Waals surface area (Å²) in [6.45, 7) is 4.60. The van der Waals surface area contributed by atoms with Gasteiger partial charge in [0, 0.05) is 5.57 Å². The Labute approximate surface area is 43.5 Å². The molecule has 0 saturated heterocycles. The zero-order valence-electron chi connectivity index (χ0n) is 4.14. The first kappa shape index (κ1) is 9.51. The molecule has 0 aliphatic heterocycles. The summed E-state index contributed by atoms with van der Waals surface area (Å²) in [5, 5.41) is 7.89. The van der Waals surface area contributed by atoms with E-state index in [-0.39, 0.29) is 13.0 Å². The van der Waals surface area contributed by atoms with Gasteiger partial charge in [-0.1, -0.05) is 6.58 Å². The molecule has 0 aromatic carbocycles. The van der Waals surface area contributed by atoms with Crippen molar-refractivity contribution in [2.45, 2.75) is 6.92 Å². The monoisotopic (exact) mass is 99.0 g/mol. The highest BCUT2D eigenvalue weighted by Gasteiger charge is 1.90. The fourth-order valence-electron chi connectivity index (χ4n) is 0. The predicted molar refractivity (Wildman–Crippen MR) is 26.7 cm³/mol. The molecule has 0 aromatic rings. The molecule has 7 heavy (non-hydrogen) atoms. The van der Waals surface area contributed by atoms with E-state index in [1.54, 1.807) is 0 Å². The second-order valence-corrected chi connectivity index (χ2v) is 1.09. The van der Waals surface area contributed by atoms with Gasteiger partial charge < -0.3 is 5.11 Å². The van der Waals surface area contributed by atoms with Gasteiger partial charge in [0.15, 0.2) is 0 Å². The lowest BCUT2D eigenvalue weighted by atomic mass is 10.4. The first-order valence-electron chi connectivity index (χ1n) is 1.53. The van der Waals surface area contributed by atoms with Crippen LogP contribution in [0, 0.1) is 7.43 Å².